The number of aliphatic hydroxyl groups is 1. The van der Waals surface area contributed by atoms with Crippen LogP contribution < -0.4 is 9.47 Å². The molecule has 3 aliphatic rings. The van der Waals surface area contributed by atoms with Crippen molar-refractivity contribution in [2.45, 2.75) is 88.6 Å². The van der Waals surface area contributed by atoms with Crippen molar-refractivity contribution >= 4 is 5.97 Å². The number of aryl methyl sites for hydroxylation is 1. The molecular formula is C29H37NO5. The zero-order chi connectivity index (χ0) is 24.5. The second kappa shape index (κ2) is 10.2. The topological polar surface area (TPSA) is 68.2 Å². The molecule has 3 aliphatic heterocycles. The van der Waals surface area contributed by atoms with Crippen LogP contribution in [-0.4, -0.2) is 54.5 Å². The van der Waals surface area contributed by atoms with Gasteiger partial charge in [0.2, 0.25) is 0 Å². The van der Waals surface area contributed by atoms with Crippen LogP contribution >= 0.6 is 0 Å². The van der Waals surface area contributed by atoms with Gasteiger partial charge in [-0.05, 0) is 80.3 Å². The monoisotopic (exact) mass is 479 g/mol. The highest BCUT2D eigenvalue weighted by molar-refractivity contribution is 5.77. The third-order valence-corrected chi connectivity index (χ3v) is 8.10. The zero-order valence-electron chi connectivity index (χ0n) is 21.0. The number of aliphatic hydroxyl groups excluding tert-OH is 1. The van der Waals surface area contributed by atoms with Gasteiger partial charge in [-0.15, -0.1) is 0 Å². The summed E-state index contributed by atoms with van der Waals surface area (Å²) in [5.41, 5.74) is 4.37. The maximum absolute atomic E-state index is 12.0. The number of rotatable bonds is 3. The molecule has 0 spiro atoms. The molecule has 3 heterocycles. The smallest absolute Gasteiger partial charge is 0.302 e. The fraction of sp³-hybridized carbons (Fsp3) is 0.552. The van der Waals surface area contributed by atoms with Gasteiger partial charge in [0.1, 0.15) is 17.6 Å². The van der Waals surface area contributed by atoms with Crippen molar-refractivity contribution in [3.63, 3.8) is 0 Å². The Labute approximate surface area is 208 Å². The summed E-state index contributed by atoms with van der Waals surface area (Å²) in [6.07, 6.45) is 6.81. The third-order valence-electron chi connectivity index (χ3n) is 8.10. The highest BCUT2D eigenvalue weighted by Gasteiger charge is 2.42. The first-order valence-electron chi connectivity index (χ1n) is 12.9. The molecule has 2 fully saturated rings. The van der Waals surface area contributed by atoms with Crippen LogP contribution in [0.2, 0.25) is 0 Å². The average Bonchev–Trinajstić information content (AvgIpc) is 2.85. The van der Waals surface area contributed by atoms with Crippen LogP contribution in [0.4, 0.5) is 0 Å². The number of benzene rings is 2. The largest absolute Gasteiger partial charge is 0.496 e. The Kier molecular flexibility index (Phi) is 7.03. The molecule has 0 amide bonds. The van der Waals surface area contributed by atoms with Crippen molar-refractivity contribution < 1.29 is 24.1 Å². The van der Waals surface area contributed by atoms with E-state index in [1.54, 1.807) is 14.2 Å². The van der Waals surface area contributed by atoms with Gasteiger partial charge in [0.15, 0.2) is 0 Å². The summed E-state index contributed by atoms with van der Waals surface area (Å²) in [5, 5.41) is 10.9. The molecule has 0 unspecified atom stereocenters. The van der Waals surface area contributed by atoms with Gasteiger partial charge in [-0.25, -0.2) is 0 Å². The molecule has 0 radical (unpaired) electrons. The molecule has 1 N–H and O–H groups in total. The van der Waals surface area contributed by atoms with E-state index in [-0.39, 0.29) is 24.2 Å². The minimum atomic E-state index is -0.316. The molecule has 2 aromatic rings. The number of methoxy groups -OCH3 is 2. The van der Waals surface area contributed by atoms with Crippen molar-refractivity contribution in [2.75, 3.05) is 14.2 Å². The highest BCUT2D eigenvalue weighted by atomic mass is 16.5. The van der Waals surface area contributed by atoms with Crippen LogP contribution in [0.1, 0.15) is 69.0 Å². The predicted molar refractivity (Wildman–Crippen MR) is 135 cm³/mol. The summed E-state index contributed by atoms with van der Waals surface area (Å²) >= 11 is 0. The Balaban J connectivity index is 1.67. The average molecular weight is 480 g/mol. The Morgan fingerprint density at radius 3 is 2.31 bits per heavy atom. The van der Waals surface area contributed by atoms with Gasteiger partial charge in [0, 0.05) is 36.2 Å². The maximum Gasteiger partial charge on any atom is 0.302 e. The van der Waals surface area contributed by atoms with E-state index >= 15 is 0 Å². The number of piperidine rings is 2. The van der Waals surface area contributed by atoms with E-state index in [1.165, 1.54) is 18.1 Å². The molecule has 2 aromatic carbocycles. The van der Waals surface area contributed by atoms with E-state index in [0.29, 0.717) is 18.5 Å². The number of esters is 1. The van der Waals surface area contributed by atoms with E-state index in [0.717, 1.165) is 67.6 Å². The first-order chi connectivity index (χ1) is 17.0. The normalized spacial score (nSPS) is 28.5. The fourth-order valence-electron chi connectivity index (χ4n) is 6.63. The molecule has 35 heavy (non-hydrogen) atoms. The number of carbonyl (C=O) groups excluding carboxylic acids is 1. The number of fused-ring (bicyclic) bond motifs is 6. The molecule has 5 atom stereocenters. The van der Waals surface area contributed by atoms with Crippen LogP contribution in [0.25, 0.3) is 11.1 Å². The van der Waals surface area contributed by atoms with Crippen molar-refractivity contribution in [2.24, 2.45) is 0 Å². The maximum atomic E-state index is 12.0. The highest BCUT2D eigenvalue weighted by Crippen LogP contribution is 2.46. The van der Waals surface area contributed by atoms with E-state index in [2.05, 4.69) is 29.2 Å². The van der Waals surface area contributed by atoms with Crippen molar-refractivity contribution in [3.05, 3.63) is 47.5 Å². The summed E-state index contributed by atoms with van der Waals surface area (Å²) in [7, 11) is 3.40. The molecule has 188 valence electrons. The first kappa shape index (κ1) is 24.1. The number of carbonyl (C=O) groups is 1. The quantitative estimate of drug-likeness (QED) is 0.621. The number of hydrogen-bond donors (Lipinski definition) is 1. The van der Waals surface area contributed by atoms with Crippen molar-refractivity contribution in [1.29, 1.82) is 0 Å². The van der Waals surface area contributed by atoms with Crippen LogP contribution in [0.15, 0.2) is 36.4 Å². The van der Waals surface area contributed by atoms with Gasteiger partial charge in [-0.3, -0.25) is 9.69 Å². The van der Waals surface area contributed by atoms with Gasteiger partial charge in [0.25, 0.3) is 0 Å². The molecule has 0 aromatic heterocycles. The number of nitrogens with zero attached hydrogens (tertiary/aromatic N) is 1. The first-order valence-corrected chi connectivity index (χ1v) is 12.9. The fourth-order valence-corrected chi connectivity index (χ4v) is 6.63. The van der Waals surface area contributed by atoms with E-state index in [1.807, 2.05) is 12.1 Å². The molecule has 2 saturated heterocycles. The molecule has 6 nitrogen and oxygen atoms in total. The molecular weight excluding hydrogens is 442 g/mol. The van der Waals surface area contributed by atoms with E-state index in [9.17, 15) is 9.90 Å². The van der Waals surface area contributed by atoms with Gasteiger partial charge in [0.05, 0.1) is 20.3 Å². The lowest BCUT2D eigenvalue weighted by Crippen LogP contribution is -2.54. The summed E-state index contributed by atoms with van der Waals surface area (Å²) < 4.78 is 17.4. The standard InChI is InChI=1S/C29H37NO5/c1-18(31)35-24-10-7-19-8-11-28(33-2)25(13-19)26-14-20(9-12-29(26)34-3)27-17-23(32)15-21-5-4-6-22(16-24)30(21)27/h8-9,11-14,21-24,27,32H,4-7,10,15-17H2,1-3H3/t21-,22+,23-,24+,27+/m0/s1. The third kappa shape index (κ3) is 4.91. The van der Waals surface area contributed by atoms with Crippen molar-refractivity contribution in [3.8, 4) is 22.6 Å². The Hall–Kier alpha value is -2.57. The predicted octanol–water partition coefficient (Wildman–Crippen LogP) is 5.06. The van der Waals surface area contributed by atoms with Gasteiger partial charge in [-0.1, -0.05) is 18.6 Å². The summed E-state index contributed by atoms with van der Waals surface area (Å²) in [5.74, 6) is 1.39. The van der Waals surface area contributed by atoms with Crippen molar-refractivity contribution in [1.82, 2.24) is 4.90 Å². The second-order valence-electron chi connectivity index (χ2n) is 10.3. The van der Waals surface area contributed by atoms with Gasteiger partial charge < -0.3 is 19.3 Å². The minimum absolute atomic E-state index is 0.103. The molecule has 0 saturated carbocycles. The lowest BCUT2D eigenvalue weighted by atomic mass is 9.80. The summed E-state index contributed by atoms with van der Waals surface area (Å²) in [4.78, 5) is 14.6. The summed E-state index contributed by atoms with van der Waals surface area (Å²) in [6.45, 7) is 1.51. The van der Waals surface area contributed by atoms with Crippen LogP contribution in [0, 0.1) is 0 Å². The van der Waals surface area contributed by atoms with Crippen LogP contribution in [-0.2, 0) is 16.0 Å². The van der Waals surface area contributed by atoms with Crippen LogP contribution in [0.5, 0.6) is 11.5 Å². The molecule has 0 aliphatic carbocycles. The Morgan fingerprint density at radius 1 is 0.914 bits per heavy atom. The van der Waals surface area contributed by atoms with E-state index < -0.39 is 0 Å². The van der Waals surface area contributed by atoms with Gasteiger partial charge in [-0.2, -0.15) is 0 Å². The minimum Gasteiger partial charge on any atom is -0.496 e. The Bertz CT molecular complexity index is 1070. The SMILES string of the molecule is COc1ccc2cc1-c1cc(ccc1OC)[C@H]1C[C@@H](O)C[C@@H]3CCC[C@H](C[C@H](OC(C)=O)CC2)N31. The van der Waals surface area contributed by atoms with Gasteiger partial charge >= 0.3 is 5.97 Å². The zero-order valence-corrected chi connectivity index (χ0v) is 21.0. The second-order valence-corrected chi connectivity index (χ2v) is 10.3. The van der Waals surface area contributed by atoms with Crippen LogP contribution in [0.3, 0.4) is 0 Å². The Morgan fingerprint density at radius 2 is 1.60 bits per heavy atom. The lowest BCUT2D eigenvalue weighted by molar-refractivity contribution is -0.148. The molecule has 5 rings (SSSR count). The molecule has 6 heteroatoms. The summed E-state index contributed by atoms with van der Waals surface area (Å²) in [6, 6.07) is 13.5. The number of ether oxygens (including phenoxy) is 3. The van der Waals surface area contributed by atoms with E-state index in [4.69, 9.17) is 14.2 Å². The lowest BCUT2D eigenvalue weighted by Gasteiger charge is -2.52. The number of hydrogen-bond acceptors (Lipinski definition) is 6. The molecule has 4 bridgehead atoms.